The van der Waals surface area contributed by atoms with Gasteiger partial charge in [-0.25, -0.2) is 9.59 Å². The minimum absolute atomic E-state index is 0.0205. The number of benzene rings is 2. The summed E-state index contributed by atoms with van der Waals surface area (Å²) in [6.07, 6.45) is 8.23. The van der Waals surface area contributed by atoms with E-state index >= 15 is 0 Å². The van der Waals surface area contributed by atoms with Crippen molar-refractivity contribution in [3.63, 3.8) is 0 Å². The normalized spacial score (nSPS) is 26.9. The Balaban J connectivity index is 1.23. The number of carboxylic acid groups (broad SMARTS) is 1. The Morgan fingerprint density at radius 2 is 1.69 bits per heavy atom. The SMILES string of the molecule is CCc1cc(OC(CCNC(=O)NC23CC4CC(CC(C4)C2)C3)c2ccc(Cl)cc2)ccc1C(=O)O. The lowest BCUT2D eigenvalue weighted by molar-refractivity contribution is -0.0135. The monoisotopic (exact) mass is 510 g/mol. The van der Waals surface area contributed by atoms with Crippen LogP contribution in [0.5, 0.6) is 5.75 Å². The van der Waals surface area contributed by atoms with Crippen LogP contribution in [0.3, 0.4) is 0 Å². The van der Waals surface area contributed by atoms with Crippen LogP contribution in [0, 0.1) is 17.8 Å². The fraction of sp³-hybridized carbons (Fsp3) is 0.517. The van der Waals surface area contributed by atoms with E-state index in [4.69, 9.17) is 16.3 Å². The number of carbonyl (C=O) groups excluding carboxylic acids is 1. The van der Waals surface area contributed by atoms with Crippen molar-refractivity contribution in [1.82, 2.24) is 10.6 Å². The maximum Gasteiger partial charge on any atom is 0.335 e. The van der Waals surface area contributed by atoms with Crippen LogP contribution >= 0.6 is 11.6 Å². The van der Waals surface area contributed by atoms with Crippen LogP contribution in [0.2, 0.25) is 5.02 Å². The van der Waals surface area contributed by atoms with Crippen molar-refractivity contribution in [2.75, 3.05) is 6.54 Å². The molecule has 0 spiro atoms. The zero-order chi connectivity index (χ0) is 25.3. The van der Waals surface area contributed by atoms with Gasteiger partial charge >= 0.3 is 12.0 Å². The smallest absolute Gasteiger partial charge is 0.335 e. The molecule has 3 N–H and O–H groups in total. The Morgan fingerprint density at radius 1 is 1.06 bits per heavy atom. The number of aryl methyl sites for hydroxylation is 1. The minimum atomic E-state index is -0.943. The minimum Gasteiger partial charge on any atom is -0.486 e. The van der Waals surface area contributed by atoms with Crippen LogP contribution in [0.25, 0.3) is 0 Å². The van der Waals surface area contributed by atoms with E-state index in [2.05, 4.69) is 10.6 Å². The van der Waals surface area contributed by atoms with E-state index < -0.39 is 5.97 Å². The van der Waals surface area contributed by atoms with Gasteiger partial charge in [-0.05, 0) is 104 Å². The topological polar surface area (TPSA) is 87.7 Å². The van der Waals surface area contributed by atoms with Crippen LogP contribution in [0.15, 0.2) is 42.5 Å². The molecule has 6 rings (SSSR count). The zero-order valence-electron chi connectivity index (χ0n) is 20.8. The van der Waals surface area contributed by atoms with Crippen molar-refractivity contribution in [3.05, 3.63) is 64.2 Å². The Labute approximate surface area is 217 Å². The van der Waals surface area contributed by atoms with Gasteiger partial charge in [-0.15, -0.1) is 0 Å². The molecule has 4 fully saturated rings. The summed E-state index contributed by atoms with van der Waals surface area (Å²) in [5, 5.41) is 16.5. The number of amides is 2. The molecule has 0 aromatic heterocycles. The summed E-state index contributed by atoms with van der Waals surface area (Å²) < 4.78 is 6.33. The van der Waals surface area contributed by atoms with Crippen molar-refractivity contribution in [3.8, 4) is 5.75 Å². The molecule has 2 aromatic carbocycles. The highest BCUT2D eigenvalue weighted by Crippen LogP contribution is 2.55. The van der Waals surface area contributed by atoms with Crippen molar-refractivity contribution in [2.45, 2.75) is 69.9 Å². The molecule has 36 heavy (non-hydrogen) atoms. The van der Waals surface area contributed by atoms with Gasteiger partial charge in [0, 0.05) is 23.5 Å². The Hall–Kier alpha value is -2.73. The first-order valence-electron chi connectivity index (χ1n) is 13.2. The number of halogens is 1. The van der Waals surface area contributed by atoms with Gasteiger partial charge in [0.05, 0.1) is 5.56 Å². The second-order valence-electron chi connectivity index (χ2n) is 11.0. The first-order chi connectivity index (χ1) is 17.3. The predicted molar refractivity (Wildman–Crippen MR) is 140 cm³/mol. The highest BCUT2D eigenvalue weighted by Gasteiger charge is 2.51. The molecular weight excluding hydrogens is 476 g/mol. The summed E-state index contributed by atoms with van der Waals surface area (Å²) in [5.41, 5.74) is 1.94. The van der Waals surface area contributed by atoms with Crippen LogP contribution in [-0.4, -0.2) is 29.2 Å². The number of hydrogen-bond donors (Lipinski definition) is 3. The predicted octanol–water partition coefficient (Wildman–Crippen LogP) is 6.38. The summed E-state index contributed by atoms with van der Waals surface area (Å²) >= 11 is 6.10. The molecule has 4 aliphatic rings. The first kappa shape index (κ1) is 24.9. The van der Waals surface area contributed by atoms with E-state index in [1.165, 1.54) is 19.3 Å². The molecule has 6 nitrogen and oxygen atoms in total. The average Bonchev–Trinajstić information content (AvgIpc) is 2.82. The standard InChI is InChI=1S/C29H35ClN2O4/c1-2-21-14-24(7-8-25(21)27(33)34)36-26(22-3-5-23(30)6-4-22)9-10-31-28(35)32-29-15-18-11-19(16-29)13-20(12-18)17-29/h3-8,14,18-20,26H,2,9-13,15-17H2,1H3,(H,33,34)(H2,31,32,35). The van der Waals surface area contributed by atoms with Gasteiger partial charge in [-0.3, -0.25) is 0 Å². The first-order valence-corrected chi connectivity index (χ1v) is 13.5. The number of aromatic carboxylic acids is 1. The van der Waals surface area contributed by atoms with E-state index in [1.54, 1.807) is 18.2 Å². The molecule has 4 saturated carbocycles. The highest BCUT2D eigenvalue weighted by molar-refractivity contribution is 6.30. The van der Waals surface area contributed by atoms with E-state index in [-0.39, 0.29) is 23.2 Å². The fourth-order valence-corrected chi connectivity index (χ4v) is 7.27. The number of carbonyl (C=O) groups is 2. The van der Waals surface area contributed by atoms with E-state index in [0.29, 0.717) is 30.2 Å². The summed E-state index contributed by atoms with van der Waals surface area (Å²) in [6.45, 7) is 2.38. The number of hydrogen-bond acceptors (Lipinski definition) is 3. The maximum absolute atomic E-state index is 12.9. The quantitative estimate of drug-likeness (QED) is 0.365. The molecule has 4 bridgehead atoms. The van der Waals surface area contributed by atoms with E-state index in [9.17, 15) is 14.7 Å². The molecule has 2 amide bonds. The van der Waals surface area contributed by atoms with Gasteiger partial charge in [0.25, 0.3) is 0 Å². The van der Waals surface area contributed by atoms with E-state index in [0.717, 1.165) is 48.1 Å². The molecule has 4 aliphatic carbocycles. The number of nitrogens with one attached hydrogen (secondary N) is 2. The third kappa shape index (κ3) is 5.49. The molecule has 1 unspecified atom stereocenters. The number of ether oxygens (including phenoxy) is 1. The maximum atomic E-state index is 12.9. The van der Waals surface area contributed by atoms with Gasteiger partial charge in [-0.2, -0.15) is 0 Å². The second-order valence-corrected chi connectivity index (χ2v) is 11.4. The molecule has 7 heteroatoms. The van der Waals surface area contributed by atoms with Crippen LogP contribution in [-0.2, 0) is 6.42 Å². The lowest BCUT2D eigenvalue weighted by Gasteiger charge is -2.56. The van der Waals surface area contributed by atoms with Crippen molar-refractivity contribution in [1.29, 1.82) is 0 Å². The van der Waals surface area contributed by atoms with Gasteiger partial charge in [0.2, 0.25) is 0 Å². The molecule has 0 radical (unpaired) electrons. The summed E-state index contributed by atoms with van der Waals surface area (Å²) in [5.74, 6) is 2.00. The van der Waals surface area contributed by atoms with Crippen molar-refractivity contribution < 1.29 is 19.4 Å². The summed E-state index contributed by atoms with van der Waals surface area (Å²) in [4.78, 5) is 24.4. The third-order valence-corrected chi connectivity index (χ3v) is 8.57. The fourth-order valence-electron chi connectivity index (χ4n) is 7.15. The lowest BCUT2D eigenvalue weighted by atomic mass is 9.53. The van der Waals surface area contributed by atoms with Crippen molar-refractivity contribution >= 4 is 23.6 Å². The third-order valence-electron chi connectivity index (χ3n) is 8.32. The zero-order valence-corrected chi connectivity index (χ0v) is 21.5. The average molecular weight is 511 g/mol. The van der Waals surface area contributed by atoms with Gasteiger partial charge in [0.1, 0.15) is 11.9 Å². The lowest BCUT2D eigenvalue weighted by Crippen LogP contribution is -2.61. The second kappa shape index (κ2) is 10.3. The van der Waals surface area contributed by atoms with Crippen LogP contribution in [0.4, 0.5) is 4.79 Å². The van der Waals surface area contributed by atoms with Gasteiger partial charge in [0.15, 0.2) is 0 Å². The molecule has 1 atom stereocenters. The Bertz CT molecular complexity index is 1080. The van der Waals surface area contributed by atoms with E-state index in [1.807, 2.05) is 31.2 Å². The highest BCUT2D eigenvalue weighted by atomic mass is 35.5. The molecule has 192 valence electrons. The van der Waals surface area contributed by atoms with Crippen LogP contribution in [0.1, 0.15) is 79.5 Å². The summed E-state index contributed by atoms with van der Waals surface area (Å²) in [6, 6.07) is 12.5. The molecule has 2 aromatic rings. The Morgan fingerprint density at radius 3 is 2.28 bits per heavy atom. The number of carboxylic acids is 1. The number of rotatable bonds is 9. The van der Waals surface area contributed by atoms with Crippen LogP contribution < -0.4 is 15.4 Å². The Kier molecular flexibility index (Phi) is 7.16. The van der Waals surface area contributed by atoms with Crippen molar-refractivity contribution in [2.24, 2.45) is 17.8 Å². The molecular formula is C29H35ClN2O4. The van der Waals surface area contributed by atoms with Gasteiger partial charge < -0.3 is 20.5 Å². The van der Waals surface area contributed by atoms with Gasteiger partial charge in [-0.1, -0.05) is 30.7 Å². The summed E-state index contributed by atoms with van der Waals surface area (Å²) in [7, 11) is 0. The molecule has 0 saturated heterocycles. The number of urea groups is 1. The molecule has 0 aliphatic heterocycles. The molecule has 0 heterocycles. The largest absolute Gasteiger partial charge is 0.486 e.